The van der Waals surface area contributed by atoms with Crippen LogP contribution in [0.5, 0.6) is 0 Å². The van der Waals surface area contributed by atoms with Gasteiger partial charge in [0, 0.05) is 31.2 Å². The second kappa shape index (κ2) is 9.52. The number of anilines is 1. The molecule has 1 aromatic rings. The van der Waals surface area contributed by atoms with Gasteiger partial charge in [-0.3, -0.25) is 4.79 Å². The van der Waals surface area contributed by atoms with Crippen molar-refractivity contribution >= 4 is 11.6 Å². The fourth-order valence-electron chi connectivity index (χ4n) is 11.6. The number of rotatable bonds is 4. The van der Waals surface area contributed by atoms with Crippen LogP contribution in [0.25, 0.3) is 0 Å². The van der Waals surface area contributed by atoms with Gasteiger partial charge in [-0.05, 0) is 135 Å². The van der Waals surface area contributed by atoms with Crippen LogP contribution in [-0.4, -0.2) is 48.1 Å². The Balaban J connectivity index is 1.09. The van der Waals surface area contributed by atoms with E-state index in [-0.39, 0.29) is 40.9 Å². The van der Waals surface area contributed by atoms with E-state index >= 15 is 0 Å². The first-order valence-electron chi connectivity index (χ1n) is 15.7. The van der Waals surface area contributed by atoms with Gasteiger partial charge in [-0.2, -0.15) is 0 Å². The molecule has 1 heterocycles. The smallest absolute Gasteiger partial charge is 0.227 e. The highest BCUT2D eigenvalue weighted by atomic mass is 19.1. The topological polar surface area (TPSA) is 70.0 Å². The predicted molar refractivity (Wildman–Crippen MR) is 148 cm³/mol. The molecule has 6 aliphatic rings. The molecule has 2 N–H and O–H groups in total. The summed E-state index contributed by atoms with van der Waals surface area (Å²) in [6.45, 7) is 3.11. The van der Waals surface area contributed by atoms with Crippen molar-refractivity contribution in [1.82, 2.24) is 0 Å². The molecule has 11 atom stereocenters. The molecule has 1 aromatic carbocycles. The Morgan fingerprint density at radius 1 is 1.08 bits per heavy atom. The number of fused-ring (bicyclic) bond motifs is 5. The summed E-state index contributed by atoms with van der Waals surface area (Å²) in [5, 5.41) is 22.0. The van der Waals surface area contributed by atoms with E-state index in [1.54, 1.807) is 12.1 Å². The second-order valence-electron chi connectivity index (χ2n) is 14.4. The Morgan fingerprint density at radius 3 is 2.72 bits per heavy atom. The first-order valence-corrected chi connectivity index (χ1v) is 15.7. The van der Waals surface area contributed by atoms with Gasteiger partial charge in [0.2, 0.25) is 5.91 Å². The fourth-order valence-corrected chi connectivity index (χ4v) is 11.6. The zero-order valence-electron chi connectivity index (χ0n) is 23.7. The molecule has 7 rings (SSSR count). The van der Waals surface area contributed by atoms with E-state index in [0.29, 0.717) is 48.5 Å². The summed E-state index contributed by atoms with van der Waals surface area (Å²) in [6.07, 6.45) is 11.2. The fraction of sp³-hybridized carbons (Fsp3) is 0.788. The molecule has 0 unspecified atom stereocenters. The Hall–Kier alpha value is -1.50. The third-order valence-corrected chi connectivity index (χ3v) is 13.3. The molecule has 0 bridgehead atoms. The van der Waals surface area contributed by atoms with Crippen molar-refractivity contribution in [1.29, 1.82) is 0 Å². The van der Waals surface area contributed by atoms with Gasteiger partial charge < -0.3 is 19.8 Å². The van der Waals surface area contributed by atoms with Crippen molar-refractivity contribution in [2.24, 2.45) is 46.3 Å². The van der Waals surface area contributed by atoms with Crippen molar-refractivity contribution in [3.05, 3.63) is 29.6 Å². The van der Waals surface area contributed by atoms with Gasteiger partial charge in [-0.25, -0.2) is 4.39 Å². The number of amides is 1. The standard InChI is InChI=1S/C33H46FNO4/c1-32-12-10-23(36)16-21(32)17-28(37)31-25-6-5-24-19(9-13-33(24,25)29(39-2)18-26(31)32)3-8-30(38)35-14-11-20-15-22(34)4-7-27(20)35/h4,7,15,19,21,23-26,28-29,31,36-37H,3,5-6,8-14,16-18H2,1-2H3/t19-,21-,23+,24+,25-,26-,28+,29-,31-,32-,33+/m0/s1. The van der Waals surface area contributed by atoms with Crippen LogP contribution in [-0.2, 0) is 16.0 Å². The van der Waals surface area contributed by atoms with Gasteiger partial charge >= 0.3 is 0 Å². The first kappa shape index (κ1) is 26.4. The Bertz CT molecular complexity index is 1130. The van der Waals surface area contributed by atoms with Gasteiger partial charge in [0.05, 0.1) is 18.3 Å². The molecular weight excluding hydrogens is 493 g/mol. The van der Waals surface area contributed by atoms with Crippen molar-refractivity contribution < 1.29 is 24.1 Å². The molecule has 5 saturated carbocycles. The van der Waals surface area contributed by atoms with Gasteiger partial charge in [-0.1, -0.05) is 6.92 Å². The lowest BCUT2D eigenvalue weighted by molar-refractivity contribution is -0.211. The lowest BCUT2D eigenvalue weighted by Crippen LogP contribution is -2.62. The molecule has 1 spiro atoms. The van der Waals surface area contributed by atoms with Crippen LogP contribution in [0.2, 0.25) is 0 Å². The third-order valence-electron chi connectivity index (χ3n) is 13.3. The minimum Gasteiger partial charge on any atom is -0.393 e. The van der Waals surface area contributed by atoms with E-state index in [2.05, 4.69) is 6.92 Å². The summed E-state index contributed by atoms with van der Waals surface area (Å²) < 4.78 is 20.1. The number of methoxy groups -OCH3 is 1. The monoisotopic (exact) mass is 539 g/mol. The van der Waals surface area contributed by atoms with Crippen LogP contribution >= 0.6 is 0 Å². The van der Waals surface area contributed by atoms with E-state index in [1.165, 1.54) is 18.9 Å². The molecule has 214 valence electrons. The molecule has 5 nitrogen and oxygen atoms in total. The summed E-state index contributed by atoms with van der Waals surface area (Å²) in [5.41, 5.74) is 2.13. The maximum atomic E-state index is 13.7. The summed E-state index contributed by atoms with van der Waals surface area (Å²) in [6, 6.07) is 4.79. The molecule has 1 aliphatic heterocycles. The zero-order chi connectivity index (χ0) is 27.1. The van der Waals surface area contributed by atoms with Gasteiger partial charge in [-0.15, -0.1) is 0 Å². The lowest BCUT2D eigenvalue weighted by Gasteiger charge is -2.64. The quantitative estimate of drug-likeness (QED) is 0.530. The molecule has 1 amide bonds. The van der Waals surface area contributed by atoms with Crippen molar-refractivity contribution in [2.75, 3.05) is 18.6 Å². The summed E-state index contributed by atoms with van der Waals surface area (Å²) >= 11 is 0. The molecule has 0 radical (unpaired) electrons. The minimum atomic E-state index is -0.280. The molecule has 6 heteroatoms. The maximum Gasteiger partial charge on any atom is 0.227 e. The highest BCUT2D eigenvalue weighted by molar-refractivity contribution is 5.95. The number of hydrogen-bond acceptors (Lipinski definition) is 4. The molecule has 0 aromatic heterocycles. The van der Waals surface area contributed by atoms with Crippen LogP contribution in [0, 0.1) is 52.2 Å². The van der Waals surface area contributed by atoms with Gasteiger partial charge in [0.15, 0.2) is 0 Å². The molecule has 5 aliphatic carbocycles. The molecular formula is C33H46FNO4. The Labute approximate surface area is 232 Å². The summed E-state index contributed by atoms with van der Waals surface area (Å²) in [5.74, 6) is 2.71. The molecule has 0 saturated heterocycles. The number of hydrogen-bond donors (Lipinski definition) is 2. The number of carbonyl (C=O) groups excluding carboxylic acids is 1. The number of aliphatic hydroxyl groups excluding tert-OH is 2. The van der Waals surface area contributed by atoms with Gasteiger partial charge in [0.25, 0.3) is 0 Å². The zero-order valence-corrected chi connectivity index (χ0v) is 23.7. The predicted octanol–water partition coefficient (Wildman–Crippen LogP) is 5.50. The second-order valence-corrected chi connectivity index (χ2v) is 14.4. The van der Waals surface area contributed by atoms with E-state index in [9.17, 15) is 19.4 Å². The van der Waals surface area contributed by atoms with Crippen LogP contribution in [0.3, 0.4) is 0 Å². The minimum absolute atomic E-state index is 0.125. The van der Waals surface area contributed by atoms with Crippen molar-refractivity contribution in [2.45, 2.75) is 102 Å². The average Bonchev–Trinajstić information content (AvgIpc) is 3.60. The van der Waals surface area contributed by atoms with E-state index in [0.717, 1.165) is 69.0 Å². The largest absolute Gasteiger partial charge is 0.393 e. The normalized spacial score (nSPS) is 46.3. The van der Waals surface area contributed by atoms with E-state index < -0.39 is 0 Å². The summed E-state index contributed by atoms with van der Waals surface area (Å²) in [7, 11) is 1.90. The number of nitrogens with zero attached hydrogens (tertiary/aromatic N) is 1. The number of ether oxygens (including phenoxy) is 1. The highest BCUT2D eigenvalue weighted by Gasteiger charge is 2.69. The number of benzene rings is 1. The number of aliphatic hydroxyl groups is 2. The van der Waals surface area contributed by atoms with Crippen LogP contribution < -0.4 is 4.90 Å². The molecule has 39 heavy (non-hydrogen) atoms. The Kier molecular flexibility index (Phi) is 6.45. The average molecular weight is 540 g/mol. The highest BCUT2D eigenvalue weighted by Crippen LogP contribution is 2.72. The van der Waals surface area contributed by atoms with Gasteiger partial charge in [0.1, 0.15) is 5.82 Å². The van der Waals surface area contributed by atoms with Crippen LogP contribution in [0.15, 0.2) is 18.2 Å². The number of carbonyl (C=O) groups is 1. The Morgan fingerprint density at radius 2 is 1.90 bits per heavy atom. The van der Waals surface area contributed by atoms with Crippen LogP contribution in [0.4, 0.5) is 10.1 Å². The third kappa shape index (κ3) is 3.83. The van der Waals surface area contributed by atoms with Crippen LogP contribution in [0.1, 0.15) is 83.1 Å². The summed E-state index contributed by atoms with van der Waals surface area (Å²) in [4.78, 5) is 15.2. The first-order chi connectivity index (χ1) is 18.8. The van der Waals surface area contributed by atoms with E-state index in [4.69, 9.17) is 4.74 Å². The van der Waals surface area contributed by atoms with Crippen molar-refractivity contribution in [3.8, 4) is 0 Å². The van der Waals surface area contributed by atoms with Crippen molar-refractivity contribution in [3.63, 3.8) is 0 Å². The van der Waals surface area contributed by atoms with E-state index in [1.807, 2.05) is 12.0 Å². The maximum absolute atomic E-state index is 13.7. The SMILES string of the molecule is CO[C@H]1C[C@H]2[C@@H]([C@H](O)C[C@@H]3C[C@H](O)CC[C@@]32C)[C@@H]2CC[C@@H]3[C@@H](CCC(=O)N4CCc5cc(F)ccc54)CC[C@@]132. The number of halogens is 1. The molecule has 5 fully saturated rings. The lowest BCUT2D eigenvalue weighted by atomic mass is 9.43.